The van der Waals surface area contributed by atoms with Crippen LogP contribution in [0, 0.1) is 0 Å². The van der Waals surface area contributed by atoms with Crippen LogP contribution in [-0.4, -0.2) is 40.8 Å². The van der Waals surface area contributed by atoms with E-state index in [0.717, 1.165) is 25.1 Å². The molecule has 0 bridgehead atoms. The summed E-state index contributed by atoms with van der Waals surface area (Å²) in [7, 11) is 0. The Labute approximate surface area is 148 Å². The minimum Gasteiger partial charge on any atom is -0.391 e. The lowest BCUT2D eigenvalue weighted by Crippen LogP contribution is -2.51. The molecule has 5 N–H and O–H groups in total. The molecule has 2 unspecified atom stereocenters. The molecule has 140 valence electrons. The van der Waals surface area contributed by atoms with Gasteiger partial charge in [0.2, 0.25) is 0 Å². The summed E-state index contributed by atoms with van der Waals surface area (Å²) in [5, 5.41) is 24.0. The van der Waals surface area contributed by atoms with E-state index in [2.05, 4.69) is 17.6 Å². The molecule has 7 heteroatoms. The molecule has 1 aromatic carbocycles. The number of rotatable bonds is 11. The first-order chi connectivity index (χ1) is 12.0. The maximum absolute atomic E-state index is 12.2. The van der Waals surface area contributed by atoms with Crippen molar-refractivity contribution in [2.75, 3.05) is 6.54 Å². The zero-order valence-corrected chi connectivity index (χ0v) is 14.9. The highest BCUT2D eigenvalue weighted by Crippen LogP contribution is 2.06. The van der Waals surface area contributed by atoms with Crippen LogP contribution in [0.25, 0.3) is 0 Å². The van der Waals surface area contributed by atoms with Crippen molar-refractivity contribution in [3.8, 4) is 0 Å². The fraction of sp³-hybridized carbons (Fsp3) is 0.556. The third-order valence-electron chi connectivity index (χ3n) is 3.91. The minimum absolute atomic E-state index is 0.378. The summed E-state index contributed by atoms with van der Waals surface area (Å²) in [5.74, 6) is -1.36. The second kappa shape index (κ2) is 11.6. The van der Waals surface area contributed by atoms with Gasteiger partial charge in [0.25, 0.3) is 11.8 Å². The Balaban J connectivity index is 2.49. The molecular weight excluding hydrogens is 322 g/mol. The smallest absolute Gasteiger partial charge is 0.268 e. The first kappa shape index (κ1) is 21.1. The molecule has 1 aromatic rings. The second-order valence-corrected chi connectivity index (χ2v) is 6.10. The SMILES string of the molecule is CCCCCCNCc1ccc(C(=O)NC(C(=O)NO)C(C)O)cc1. The highest BCUT2D eigenvalue weighted by molar-refractivity contribution is 5.97. The zero-order chi connectivity index (χ0) is 18.7. The molecule has 2 atom stereocenters. The van der Waals surface area contributed by atoms with Gasteiger partial charge in [-0.15, -0.1) is 0 Å². The van der Waals surface area contributed by atoms with Crippen LogP contribution < -0.4 is 16.1 Å². The van der Waals surface area contributed by atoms with E-state index in [4.69, 9.17) is 5.21 Å². The van der Waals surface area contributed by atoms with Crippen molar-refractivity contribution < 1.29 is 19.9 Å². The first-order valence-corrected chi connectivity index (χ1v) is 8.72. The van der Waals surface area contributed by atoms with Gasteiger partial charge >= 0.3 is 0 Å². The molecule has 0 aliphatic carbocycles. The third kappa shape index (κ3) is 7.64. The van der Waals surface area contributed by atoms with Crippen molar-refractivity contribution in [3.63, 3.8) is 0 Å². The summed E-state index contributed by atoms with van der Waals surface area (Å²) in [6.45, 7) is 5.24. The highest BCUT2D eigenvalue weighted by Gasteiger charge is 2.25. The molecule has 0 fully saturated rings. The fourth-order valence-corrected chi connectivity index (χ4v) is 2.38. The van der Waals surface area contributed by atoms with E-state index in [1.165, 1.54) is 31.7 Å². The molecule has 0 saturated heterocycles. The monoisotopic (exact) mass is 351 g/mol. The summed E-state index contributed by atoms with van der Waals surface area (Å²) in [4.78, 5) is 23.6. The standard InChI is InChI=1S/C18H29N3O4/c1-3-4-5-6-11-19-12-14-7-9-15(10-8-14)17(23)20-16(13(2)22)18(24)21-25/h7-10,13,16,19,22,25H,3-6,11-12H2,1-2H3,(H,20,23)(H,21,24). The van der Waals surface area contributed by atoms with Gasteiger partial charge in [-0.3, -0.25) is 14.8 Å². The normalized spacial score (nSPS) is 13.1. The molecule has 0 saturated carbocycles. The Morgan fingerprint density at radius 3 is 2.36 bits per heavy atom. The maximum atomic E-state index is 12.2. The molecule has 0 radical (unpaired) electrons. The number of aliphatic hydroxyl groups excluding tert-OH is 1. The summed E-state index contributed by atoms with van der Waals surface area (Å²) >= 11 is 0. The summed E-state index contributed by atoms with van der Waals surface area (Å²) < 4.78 is 0. The lowest BCUT2D eigenvalue weighted by molar-refractivity contribution is -0.133. The van der Waals surface area contributed by atoms with E-state index >= 15 is 0 Å². The van der Waals surface area contributed by atoms with Crippen molar-refractivity contribution in [1.29, 1.82) is 0 Å². The van der Waals surface area contributed by atoms with Gasteiger partial charge in [-0.2, -0.15) is 0 Å². The highest BCUT2D eigenvalue weighted by atomic mass is 16.5. The van der Waals surface area contributed by atoms with Crippen LogP contribution in [0.1, 0.15) is 55.5 Å². The topological polar surface area (TPSA) is 111 Å². The van der Waals surface area contributed by atoms with Crippen LogP contribution >= 0.6 is 0 Å². The van der Waals surface area contributed by atoms with Crippen LogP contribution in [-0.2, 0) is 11.3 Å². The summed E-state index contributed by atoms with van der Waals surface area (Å²) in [5.41, 5.74) is 2.87. The largest absolute Gasteiger partial charge is 0.391 e. The molecule has 0 heterocycles. The van der Waals surface area contributed by atoms with Crippen molar-refractivity contribution in [1.82, 2.24) is 16.1 Å². The Hall–Kier alpha value is -1.96. The van der Waals surface area contributed by atoms with Gasteiger partial charge in [-0.05, 0) is 37.6 Å². The molecule has 0 spiro atoms. The summed E-state index contributed by atoms with van der Waals surface area (Å²) in [6.07, 6.45) is 3.73. The van der Waals surface area contributed by atoms with E-state index in [1.54, 1.807) is 12.1 Å². The number of hydroxylamine groups is 1. The Morgan fingerprint density at radius 2 is 1.80 bits per heavy atom. The number of unbranched alkanes of at least 4 members (excludes halogenated alkanes) is 3. The lowest BCUT2D eigenvalue weighted by atomic mass is 10.1. The fourth-order valence-electron chi connectivity index (χ4n) is 2.38. The number of aliphatic hydroxyl groups is 1. The average Bonchev–Trinajstić information content (AvgIpc) is 2.62. The second-order valence-electron chi connectivity index (χ2n) is 6.10. The first-order valence-electron chi connectivity index (χ1n) is 8.72. The lowest BCUT2D eigenvalue weighted by Gasteiger charge is -2.19. The number of carbonyl (C=O) groups is 2. The van der Waals surface area contributed by atoms with Crippen LogP contribution in [0.5, 0.6) is 0 Å². The number of benzene rings is 1. The quantitative estimate of drug-likeness (QED) is 0.235. The predicted molar refractivity (Wildman–Crippen MR) is 95.2 cm³/mol. The van der Waals surface area contributed by atoms with Crippen molar-refractivity contribution in [2.24, 2.45) is 0 Å². The molecular formula is C18H29N3O4. The van der Waals surface area contributed by atoms with Gasteiger partial charge in [0.1, 0.15) is 6.04 Å². The summed E-state index contributed by atoms with van der Waals surface area (Å²) in [6, 6.07) is 5.80. The van der Waals surface area contributed by atoms with Crippen molar-refractivity contribution in [2.45, 2.75) is 58.2 Å². The number of amides is 2. The third-order valence-corrected chi connectivity index (χ3v) is 3.91. The van der Waals surface area contributed by atoms with Gasteiger partial charge in [-0.1, -0.05) is 38.3 Å². The van der Waals surface area contributed by atoms with Crippen LogP contribution in [0.15, 0.2) is 24.3 Å². The molecule has 0 aromatic heterocycles. The van der Waals surface area contributed by atoms with Crippen molar-refractivity contribution >= 4 is 11.8 Å². The molecule has 0 aliphatic heterocycles. The molecule has 25 heavy (non-hydrogen) atoms. The van der Waals surface area contributed by atoms with Crippen LogP contribution in [0.4, 0.5) is 0 Å². The average molecular weight is 351 g/mol. The van der Waals surface area contributed by atoms with Crippen LogP contribution in [0.2, 0.25) is 0 Å². The Morgan fingerprint density at radius 1 is 1.12 bits per heavy atom. The minimum atomic E-state index is -1.22. The van der Waals surface area contributed by atoms with Crippen LogP contribution in [0.3, 0.4) is 0 Å². The van der Waals surface area contributed by atoms with E-state index < -0.39 is 24.0 Å². The predicted octanol–water partition coefficient (Wildman–Crippen LogP) is 1.34. The zero-order valence-electron chi connectivity index (χ0n) is 14.9. The Kier molecular flexibility index (Phi) is 9.76. The number of hydrogen-bond donors (Lipinski definition) is 5. The van der Waals surface area contributed by atoms with E-state index in [0.29, 0.717) is 5.56 Å². The van der Waals surface area contributed by atoms with E-state index in [-0.39, 0.29) is 0 Å². The molecule has 7 nitrogen and oxygen atoms in total. The number of hydrogen-bond acceptors (Lipinski definition) is 5. The van der Waals surface area contributed by atoms with E-state index in [1.807, 2.05) is 12.1 Å². The van der Waals surface area contributed by atoms with E-state index in [9.17, 15) is 14.7 Å². The van der Waals surface area contributed by atoms with Crippen molar-refractivity contribution in [3.05, 3.63) is 35.4 Å². The molecule has 1 rings (SSSR count). The number of nitrogens with one attached hydrogen (secondary N) is 3. The maximum Gasteiger partial charge on any atom is 0.268 e. The van der Waals surface area contributed by atoms with Gasteiger partial charge in [0, 0.05) is 12.1 Å². The van der Waals surface area contributed by atoms with Gasteiger partial charge < -0.3 is 15.7 Å². The molecule has 0 aliphatic rings. The van der Waals surface area contributed by atoms with Gasteiger partial charge in [0.05, 0.1) is 6.10 Å². The van der Waals surface area contributed by atoms with Gasteiger partial charge in [-0.25, -0.2) is 5.48 Å². The van der Waals surface area contributed by atoms with Gasteiger partial charge in [0.15, 0.2) is 0 Å². The number of carbonyl (C=O) groups excluding carboxylic acids is 2. The Bertz CT molecular complexity index is 532. The molecule has 2 amide bonds.